The summed E-state index contributed by atoms with van der Waals surface area (Å²) in [6.07, 6.45) is 1.88. The molecule has 0 aliphatic rings. The first-order valence-electron chi connectivity index (χ1n) is 7.81. The average Bonchev–Trinajstić information content (AvgIpc) is 2.63. The molecule has 0 spiro atoms. The molecule has 2 nitrogen and oxygen atoms in total. The second kappa shape index (κ2) is 8.32. The van der Waals surface area contributed by atoms with Crippen molar-refractivity contribution in [3.8, 4) is 5.75 Å². The summed E-state index contributed by atoms with van der Waals surface area (Å²) in [6, 6.07) is 25.8. The maximum absolute atomic E-state index is 6.13. The third-order valence-corrected chi connectivity index (χ3v) is 3.96. The van der Waals surface area contributed by atoms with Crippen LogP contribution in [0.5, 0.6) is 5.75 Å². The first-order chi connectivity index (χ1) is 11.8. The topological polar surface area (TPSA) is 21.6 Å². The Morgan fingerprint density at radius 2 is 1.54 bits per heavy atom. The lowest BCUT2D eigenvalue weighted by atomic mass is 10.2. The van der Waals surface area contributed by atoms with Crippen molar-refractivity contribution >= 4 is 17.8 Å². The van der Waals surface area contributed by atoms with Crippen LogP contribution in [-0.2, 0) is 13.2 Å². The van der Waals surface area contributed by atoms with Gasteiger partial charge in [0.25, 0.3) is 0 Å². The Morgan fingerprint density at radius 1 is 0.833 bits per heavy atom. The van der Waals surface area contributed by atoms with E-state index in [1.807, 2.05) is 72.9 Å². The van der Waals surface area contributed by atoms with Crippen LogP contribution in [0.25, 0.3) is 0 Å². The smallest absolute Gasteiger partial charge is 0.119 e. The van der Waals surface area contributed by atoms with Crippen molar-refractivity contribution in [1.29, 1.82) is 0 Å². The van der Waals surface area contributed by atoms with Gasteiger partial charge in [0.05, 0.1) is 6.54 Å². The number of ether oxygens (including phenoxy) is 1. The standard InChI is InChI=1S/C21H18ClNO/c22-21-9-5-4-8-19(21)16-24-20-12-10-18(11-13-20)15-23-14-17-6-2-1-3-7-17/h1-13,15H,14,16H2. The molecule has 0 aliphatic heterocycles. The molecular formula is C21H18ClNO. The molecule has 0 amide bonds. The molecule has 0 saturated carbocycles. The highest BCUT2D eigenvalue weighted by Gasteiger charge is 2.00. The van der Waals surface area contributed by atoms with Crippen molar-refractivity contribution < 1.29 is 4.74 Å². The monoisotopic (exact) mass is 335 g/mol. The van der Waals surface area contributed by atoms with Crippen molar-refractivity contribution in [2.45, 2.75) is 13.2 Å². The van der Waals surface area contributed by atoms with Crippen LogP contribution >= 0.6 is 11.6 Å². The lowest BCUT2D eigenvalue weighted by Crippen LogP contribution is -1.96. The zero-order valence-corrected chi connectivity index (χ0v) is 14.0. The zero-order chi connectivity index (χ0) is 16.6. The molecule has 24 heavy (non-hydrogen) atoms. The number of benzene rings is 3. The normalized spacial score (nSPS) is 10.9. The van der Waals surface area contributed by atoms with Gasteiger partial charge in [0, 0.05) is 16.8 Å². The molecule has 0 aliphatic carbocycles. The van der Waals surface area contributed by atoms with Gasteiger partial charge in [0.15, 0.2) is 0 Å². The van der Waals surface area contributed by atoms with Crippen LogP contribution < -0.4 is 4.74 Å². The van der Waals surface area contributed by atoms with E-state index in [2.05, 4.69) is 17.1 Å². The second-order valence-corrected chi connectivity index (χ2v) is 5.81. The molecule has 0 radical (unpaired) electrons. The molecular weight excluding hydrogens is 318 g/mol. The third kappa shape index (κ3) is 4.71. The number of nitrogens with zero attached hydrogens (tertiary/aromatic N) is 1. The largest absolute Gasteiger partial charge is 0.489 e. The number of aliphatic imine (C=N–C) groups is 1. The van der Waals surface area contributed by atoms with Crippen LogP contribution in [0.2, 0.25) is 5.02 Å². The number of hydrogen-bond acceptors (Lipinski definition) is 2. The molecule has 0 saturated heterocycles. The summed E-state index contributed by atoms with van der Waals surface area (Å²) in [4.78, 5) is 4.46. The van der Waals surface area contributed by atoms with E-state index in [0.29, 0.717) is 13.2 Å². The molecule has 3 aromatic rings. The highest BCUT2D eigenvalue weighted by atomic mass is 35.5. The van der Waals surface area contributed by atoms with Crippen LogP contribution in [-0.4, -0.2) is 6.21 Å². The Balaban J connectivity index is 1.54. The molecule has 3 aromatic carbocycles. The van der Waals surface area contributed by atoms with Gasteiger partial charge >= 0.3 is 0 Å². The quantitative estimate of drug-likeness (QED) is 0.542. The molecule has 0 unspecified atom stereocenters. The van der Waals surface area contributed by atoms with Gasteiger partial charge in [-0.25, -0.2) is 0 Å². The van der Waals surface area contributed by atoms with E-state index in [9.17, 15) is 0 Å². The molecule has 0 fully saturated rings. The van der Waals surface area contributed by atoms with E-state index < -0.39 is 0 Å². The van der Waals surface area contributed by atoms with Crippen molar-refractivity contribution in [2.75, 3.05) is 0 Å². The Kier molecular flexibility index (Phi) is 5.65. The van der Waals surface area contributed by atoms with E-state index in [1.54, 1.807) is 0 Å². The van der Waals surface area contributed by atoms with Gasteiger partial charge in [0.1, 0.15) is 12.4 Å². The van der Waals surface area contributed by atoms with Crippen LogP contribution in [0.1, 0.15) is 16.7 Å². The average molecular weight is 336 g/mol. The second-order valence-electron chi connectivity index (χ2n) is 5.40. The minimum absolute atomic E-state index is 0.459. The fourth-order valence-electron chi connectivity index (χ4n) is 2.27. The van der Waals surface area contributed by atoms with E-state index >= 15 is 0 Å². The molecule has 3 rings (SSSR count). The summed E-state index contributed by atoms with van der Waals surface area (Å²) >= 11 is 6.13. The highest BCUT2D eigenvalue weighted by Crippen LogP contribution is 2.18. The Morgan fingerprint density at radius 3 is 2.29 bits per heavy atom. The van der Waals surface area contributed by atoms with E-state index in [4.69, 9.17) is 16.3 Å². The van der Waals surface area contributed by atoms with Crippen molar-refractivity contribution in [3.05, 3.63) is 101 Å². The molecule has 3 heteroatoms. The Labute approximate surface area is 147 Å². The molecule has 0 atom stereocenters. The summed E-state index contributed by atoms with van der Waals surface area (Å²) in [5, 5.41) is 0.724. The SMILES string of the molecule is Clc1ccccc1COc1ccc(C=NCc2ccccc2)cc1. The van der Waals surface area contributed by atoms with Gasteiger partial charge in [-0.05, 0) is 41.5 Å². The summed E-state index contributed by atoms with van der Waals surface area (Å²) < 4.78 is 5.77. The minimum Gasteiger partial charge on any atom is -0.489 e. The van der Waals surface area contributed by atoms with E-state index in [-0.39, 0.29) is 0 Å². The molecule has 0 aromatic heterocycles. The lowest BCUT2D eigenvalue weighted by molar-refractivity contribution is 0.306. The Bertz CT molecular complexity index is 798. The predicted octanol–water partition coefficient (Wildman–Crippen LogP) is 5.54. The van der Waals surface area contributed by atoms with Crippen LogP contribution in [0.15, 0.2) is 83.9 Å². The van der Waals surface area contributed by atoms with E-state index in [0.717, 1.165) is 21.9 Å². The van der Waals surface area contributed by atoms with Crippen LogP contribution in [0.4, 0.5) is 0 Å². The number of halogens is 1. The van der Waals surface area contributed by atoms with Crippen molar-refractivity contribution in [3.63, 3.8) is 0 Å². The van der Waals surface area contributed by atoms with Gasteiger partial charge in [-0.3, -0.25) is 4.99 Å². The number of hydrogen-bond donors (Lipinski definition) is 0. The molecule has 0 bridgehead atoms. The van der Waals surface area contributed by atoms with E-state index in [1.165, 1.54) is 5.56 Å². The minimum atomic E-state index is 0.459. The van der Waals surface area contributed by atoms with Crippen molar-refractivity contribution in [1.82, 2.24) is 0 Å². The summed E-state index contributed by atoms with van der Waals surface area (Å²) in [5.74, 6) is 0.815. The maximum Gasteiger partial charge on any atom is 0.119 e. The maximum atomic E-state index is 6.13. The lowest BCUT2D eigenvalue weighted by Gasteiger charge is -2.07. The summed E-state index contributed by atoms with van der Waals surface area (Å²) in [7, 11) is 0. The summed E-state index contributed by atoms with van der Waals surface area (Å²) in [6.45, 7) is 1.15. The zero-order valence-electron chi connectivity index (χ0n) is 13.2. The van der Waals surface area contributed by atoms with Gasteiger partial charge in [0.2, 0.25) is 0 Å². The summed E-state index contributed by atoms with van der Waals surface area (Å²) in [5.41, 5.74) is 3.23. The van der Waals surface area contributed by atoms with Crippen LogP contribution in [0.3, 0.4) is 0 Å². The first-order valence-corrected chi connectivity index (χ1v) is 8.19. The molecule has 120 valence electrons. The highest BCUT2D eigenvalue weighted by molar-refractivity contribution is 6.31. The molecule has 0 N–H and O–H groups in total. The fourth-order valence-corrected chi connectivity index (χ4v) is 2.46. The van der Waals surface area contributed by atoms with Gasteiger partial charge < -0.3 is 4.74 Å². The van der Waals surface area contributed by atoms with Crippen molar-refractivity contribution in [2.24, 2.45) is 4.99 Å². The van der Waals surface area contributed by atoms with Crippen LogP contribution in [0, 0.1) is 0 Å². The van der Waals surface area contributed by atoms with Gasteiger partial charge in [-0.2, -0.15) is 0 Å². The predicted molar refractivity (Wildman–Crippen MR) is 100.0 cm³/mol. The fraction of sp³-hybridized carbons (Fsp3) is 0.0952. The molecule has 0 heterocycles. The first kappa shape index (κ1) is 16.3. The Hall–Kier alpha value is -2.58. The third-order valence-electron chi connectivity index (χ3n) is 3.59. The number of rotatable bonds is 6. The van der Waals surface area contributed by atoms with Gasteiger partial charge in [-0.1, -0.05) is 60.1 Å². The van der Waals surface area contributed by atoms with Gasteiger partial charge in [-0.15, -0.1) is 0 Å².